The van der Waals surface area contributed by atoms with Crippen LogP contribution in [0.2, 0.25) is 0 Å². The van der Waals surface area contributed by atoms with E-state index < -0.39 is 0 Å². The van der Waals surface area contributed by atoms with Gasteiger partial charge in [-0.1, -0.05) is 48.6 Å². The summed E-state index contributed by atoms with van der Waals surface area (Å²) in [5.41, 5.74) is 14.2. The van der Waals surface area contributed by atoms with Crippen molar-refractivity contribution in [1.82, 2.24) is 20.3 Å². The molecular formula is C27H31N9O2. The smallest absolute Gasteiger partial charge is 0.255 e. The second-order valence-corrected chi connectivity index (χ2v) is 8.66. The zero-order chi connectivity index (χ0) is 27.1. The van der Waals surface area contributed by atoms with Crippen molar-refractivity contribution >= 4 is 23.3 Å². The van der Waals surface area contributed by atoms with Gasteiger partial charge in [-0.25, -0.2) is 15.8 Å². The molecule has 38 heavy (non-hydrogen) atoms. The maximum Gasteiger partial charge on any atom is 0.255 e. The summed E-state index contributed by atoms with van der Waals surface area (Å²) in [4.78, 5) is 21.0. The van der Waals surface area contributed by atoms with Crippen LogP contribution in [-0.2, 0) is 6.54 Å². The number of nitrogens with zero attached hydrogens (tertiary/aromatic N) is 3. The minimum Gasteiger partial charge on any atom is -0.496 e. The highest BCUT2D eigenvalue weighted by Gasteiger charge is 2.24. The number of ether oxygens (including phenoxy) is 1. The second-order valence-electron chi connectivity index (χ2n) is 8.66. The number of benzene rings is 2. The van der Waals surface area contributed by atoms with Crippen molar-refractivity contribution in [3.8, 4) is 5.75 Å². The molecule has 1 aromatic heterocycles. The van der Waals surface area contributed by atoms with Crippen LogP contribution in [0.5, 0.6) is 5.75 Å². The number of carbonyl (C=O) groups excluding carboxylic acids is 1. The van der Waals surface area contributed by atoms with Gasteiger partial charge in [0.2, 0.25) is 0 Å². The maximum absolute atomic E-state index is 12.6. The number of nitrogen functional groups attached to an aromatic ring is 1. The Morgan fingerprint density at radius 3 is 2.68 bits per heavy atom. The van der Waals surface area contributed by atoms with Crippen molar-refractivity contribution in [1.29, 1.82) is 5.41 Å². The molecule has 0 bridgehead atoms. The lowest BCUT2D eigenvalue weighted by atomic mass is 10.0. The lowest BCUT2D eigenvalue weighted by Gasteiger charge is -2.22. The van der Waals surface area contributed by atoms with Crippen LogP contribution in [-0.4, -0.2) is 45.8 Å². The molecule has 4 rings (SSSR count). The third-order valence-corrected chi connectivity index (χ3v) is 6.20. The normalized spacial score (nSPS) is 16.4. The van der Waals surface area contributed by atoms with Gasteiger partial charge in [-0.05, 0) is 24.1 Å². The topological polar surface area (TPSA) is 181 Å². The van der Waals surface area contributed by atoms with Crippen LogP contribution in [0.1, 0.15) is 33.5 Å². The van der Waals surface area contributed by atoms with Crippen molar-refractivity contribution in [3.63, 3.8) is 0 Å². The van der Waals surface area contributed by atoms with Crippen LogP contribution in [0.4, 0.5) is 11.6 Å². The quantitative estimate of drug-likeness (QED) is 0.102. The molecule has 11 nitrogen and oxygen atoms in total. The highest BCUT2D eigenvalue weighted by atomic mass is 16.5. The Kier molecular flexibility index (Phi) is 8.19. The monoisotopic (exact) mass is 513 g/mol. The van der Waals surface area contributed by atoms with Crippen LogP contribution in [0.3, 0.4) is 0 Å². The van der Waals surface area contributed by atoms with Crippen LogP contribution in [0, 0.1) is 5.41 Å². The average molecular weight is 514 g/mol. The van der Waals surface area contributed by atoms with E-state index in [1.807, 2.05) is 30.4 Å². The minimum atomic E-state index is -0.232. The number of amides is 1. The van der Waals surface area contributed by atoms with E-state index in [4.69, 9.17) is 27.5 Å². The largest absolute Gasteiger partial charge is 0.496 e. The molecule has 1 aliphatic carbocycles. The Hall–Kier alpha value is -4.90. The number of aromatic nitrogens is 2. The van der Waals surface area contributed by atoms with Gasteiger partial charge in [-0.3, -0.25) is 10.2 Å². The fourth-order valence-corrected chi connectivity index (χ4v) is 4.19. The number of carbonyl (C=O) groups is 1. The molecule has 0 aliphatic heterocycles. The van der Waals surface area contributed by atoms with Crippen molar-refractivity contribution in [3.05, 3.63) is 102 Å². The Bertz CT molecular complexity index is 1350. The second kappa shape index (κ2) is 11.9. The first-order valence-corrected chi connectivity index (χ1v) is 12.0. The number of rotatable bonds is 10. The zero-order valence-corrected chi connectivity index (χ0v) is 21.0. The van der Waals surface area contributed by atoms with Crippen LogP contribution in [0.25, 0.3) is 0 Å². The number of para-hydroxylation sites is 1. The third kappa shape index (κ3) is 5.90. The van der Waals surface area contributed by atoms with E-state index in [0.29, 0.717) is 41.2 Å². The molecule has 9 N–H and O–H groups in total. The molecule has 11 heteroatoms. The van der Waals surface area contributed by atoms with E-state index in [1.54, 1.807) is 36.5 Å². The zero-order valence-electron chi connectivity index (χ0n) is 21.0. The standard InChI is InChI=1S/C27H31N9O2/c1-38-22-5-3-2-4-21(22)27(37)32-15-17-6-8-18(9-7-17)24(29)23-25(30)33-16-34-26(23)35-19-10-11-20(14-19)36(31)13-12-28/h2-13,16,19-20,29H,14-15,28,31H2,1H3,(H,32,37)(H3,30,33,34,35)/b13-12-,29-24?. The SMILES string of the molecule is COc1ccccc1C(=O)NCc1ccc(C(=N)c2c(N)ncnc2NC2C=CC(N(N)/C=C\N)C2)cc1. The number of hydrogen-bond acceptors (Lipinski definition) is 10. The van der Waals surface area contributed by atoms with Gasteiger partial charge < -0.3 is 31.8 Å². The lowest BCUT2D eigenvalue weighted by molar-refractivity contribution is 0.0948. The molecule has 0 fully saturated rings. The van der Waals surface area contributed by atoms with Gasteiger partial charge in [0, 0.05) is 30.5 Å². The summed E-state index contributed by atoms with van der Waals surface area (Å²) in [6.07, 6.45) is 9.03. The van der Waals surface area contributed by atoms with Gasteiger partial charge >= 0.3 is 0 Å². The Labute approximate surface area is 220 Å². The van der Waals surface area contributed by atoms with E-state index in [-0.39, 0.29) is 29.5 Å². The van der Waals surface area contributed by atoms with Crippen molar-refractivity contribution in [2.24, 2.45) is 11.6 Å². The summed E-state index contributed by atoms with van der Waals surface area (Å²) in [7, 11) is 1.53. The molecular weight excluding hydrogens is 482 g/mol. The van der Waals surface area contributed by atoms with E-state index >= 15 is 0 Å². The molecule has 2 unspecified atom stereocenters. The van der Waals surface area contributed by atoms with E-state index in [9.17, 15) is 4.79 Å². The maximum atomic E-state index is 12.6. The number of hydrazine groups is 1. The molecule has 1 heterocycles. The first kappa shape index (κ1) is 26.2. The summed E-state index contributed by atoms with van der Waals surface area (Å²) < 4.78 is 5.26. The molecule has 196 valence electrons. The van der Waals surface area contributed by atoms with Gasteiger partial charge in [0.05, 0.1) is 30.0 Å². The summed E-state index contributed by atoms with van der Waals surface area (Å²) in [5, 5.41) is 16.6. The molecule has 0 saturated carbocycles. The van der Waals surface area contributed by atoms with Crippen molar-refractivity contribution in [2.45, 2.75) is 25.0 Å². The lowest BCUT2D eigenvalue weighted by Crippen LogP contribution is -2.36. The predicted molar refractivity (Wildman–Crippen MR) is 147 cm³/mol. The summed E-state index contributed by atoms with van der Waals surface area (Å²) >= 11 is 0. The highest BCUT2D eigenvalue weighted by Crippen LogP contribution is 2.25. The summed E-state index contributed by atoms with van der Waals surface area (Å²) in [5.74, 6) is 6.94. The highest BCUT2D eigenvalue weighted by molar-refractivity contribution is 6.16. The number of nitrogens with one attached hydrogen (secondary N) is 3. The fraction of sp³-hybridized carbons (Fsp3) is 0.185. The Morgan fingerprint density at radius 1 is 1.18 bits per heavy atom. The molecule has 0 spiro atoms. The summed E-state index contributed by atoms with van der Waals surface area (Å²) in [6.45, 7) is 0.320. The molecule has 2 atom stereocenters. The third-order valence-electron chi connectivity index (χ3n) is 6.20. The van der Waals surface area contributed by atoms with Crippen LogP contribution >= 0.6 is 0 Å². The van der Waals surface area contributed by atoms with Gasteiger partial charge in [0.1, 0.15) is 23.7 Å². The number of anilines is 2. The van der Waals surface area contributed by atoms with E-state index in [2.05, 4.69) is 20.6 Å². The predicted octanol–water partition coefficient (Wildman–Crippen LogP) is 2.13. The van der Waals surface area contributed by atoms with Crippen molar-refractivity contribution in [2.75, 3.05) is 18.2 Å². The Morgan fingerprint density at radius 2 is 1.95 bits per heavy atom. The Balaban J connectivity index is 1.43. The van der Waals surface area contributed by atoms with Gasteiger partial charge in [-0.15, -0.1) is 0 Å². The number of hydrogen-bond donors (Lipinski definition) is 6. The molecule has 2 aromatic carbocycles. The molecule has 1 amide bonds. The van der Waals surface area contributed by atoms with Crippen LogP contribution < -0.4 is 32.7 Å². The average Bonchev–Trinajstić information content (AvgIpc) is 3.40. The molecule has 0 saturated heterocycles. The van der Waals surface area contributed by atoms with Crippen LogP contribution in [0.15, 0.2) is 79.4 Å². The van der Waals surface area contributed by atoms with E-state index in [1.165, 1.54) is 24.6 Å². The number of nitrogens with two attached hydrogens (primary N) is 3. The minimum absolute atomic E-state index is 0.0228. The molecule has 3 aromatic rings. The van der Waals surface area contributed by atoms with Gasteiger partial charge in [0.25, 0.3) is 5.91 Å². The molecule has 1 aliphatic rings. The first-order chi connectivity index (χ1) is 18.4. The van der Waals surface area contributed by atoms with Crippen molar-refractivity contribution < 1.29 is 9.53 Å². The molecule has 0 radical (unpaired) electrons. The summed E-state index contributed by atoms with van der Waals surface area (Å²) in [6, 6.07) is 14.3. The van der Waals surface area contributed by atoms with Gasteiger partial charge in [-0.2, -0.15) is 0 Å². The van der Waals surface area contributed by atoms with E-state index in [0.717, 1.165) is 5.56 Å². The number of methoxy groups -OCH3 is 1. The van der Waals surface area contributed by atoms with Gasteiger partial charge in [0.15, 0.2) is 0 Å². The first-order valence-electron chi connectivity index (χ1n) is 12.0. The fourth-order valence-electron chi connectivity index (χ4n) is 4.19.